The number of amides is 2. The van der Waals surface area contributed by atoms with Gasteiger partial charge in [-0.2, -0.15) is 5.10 Å². The maximum Gasteiger partial charge on any atom is 0.244 e. The predicted molar refractivity (Wildman–Crippen MR) is 73.8 cm³/mol. The van der Waals surface area contributed by atoms with Crippen molar-refractivity contribution in [1.29, 1.82) is 0 Å². The second-order valence-corrected chi connectivity index (χ2v) is 4.53. The fraction of sp³-hybridized carbons (Fsp3) is 0.583. The number of hydrogen-bond donors (Lipinski definition) is 1. The van der Waals surface area contributed by atoms with E-state index in [4.69, 9.17) is 10.5 Å². The number of nitrogens with two attached hydrogens (primary N) is 1. The number of carbonyl (C=O) groups excluding carboxylic acids is 2. The first-order valence-electron chi connectivity index (χ1n) is 6.20. The summed E-state index contributed by atoms with van der Waals surface area (Å²) in [6, 6.07) is 1.61. The molecule has 0 atom stereocenters. The smallest absolute Gasteiger partial charge is 0.244 e. The van der Waals surface area contributed by atoms with Crippen molar-refractivity contribution in [3.05, 3.63) is 12.3 Å². The monoisotopic (exact) mass is 283 g/mol. The van der Waals surface area contributed by atoms with Crippen LogP contribution in [-0.4, -0.2) is 72.3 Å². The Morgan fingerprint density at radius 2 is 2.10 bits per heavy atom. The van der Waals surface area contributed by atoms with E-state index in [2.05, 4.69) is 5.10 Å². The third-order valence-corrected chi connectivity index (χ3v) is 2.70. The van der Waals surface area contributed by atoms with Gasteiger partial charge in [-0.3, -0.25) is 14.3 Å². The SMILES string of the molecule is COCCN(CC(=O)N(C)C)C(=O)Cn1ccc(N)n1. The van der Waals surface area contributed by atoms with Crippen molar-refractivity contribution in [2.24, 2.45) is 0 Å². The molecule has 0 saturated carbocycles. The molecule has 1 rings (SSSR count). The van der Waals surface area contributed by atoms with Crippen LogP contribution in [0.3, 0.4) is 0 Å². The third-order valence-electron chi connectivity index (χ3n) is 2.70. The highest BCUT2D eigenvalue weighted by Crippen LogP contribution is 1.99. The summed E-state index contributed by atoms with van der Waals surface area (Å²) >= 11 is 0. The molecule has 1 aromatic rings. The Morgan fingerprint density at radius 1 is 1.40 bits per heavy atom. The number of anilines is 1. The largest absolute Gasteiger partial charge is 0.383 e. The molecule has 0 spiro atoms. The van der Waals surface area contributed by atoms with E-state index in [1.807, 2.05) is 0 Å². The maximum atomic E-state index is 12.2. The first-order valence-corrected chi connectivity index (χ1v) is 6.20. The Hall–Kier alpha value is -2.09. The second-order valence-electron chi connectivity index (χ2n) is 4.53. The number of likely N-dealkylation sites (N-methyl/N-ethyl adjacent to an activating group) is 1. The summed E-state index contributed by atoms with van der Waals surface area (Å²) in [7, 11) is 4.84. The third kappa shape index (κ3) is 4.88. The van der Waals surface area contributed by atoms with Gasteiger partial charge >= 0.3 is 0 Å². The Bertz CT molecular complexity index is 458. The van der Waals surface area contributed by atoms with E-state index in [0.29, 0.717) is 19.0 Å². The Labute approximate surface area is 118 Å². The van der Waals surface area contributed by atoms with Crippen LogP contribution < -0.4 is 5.73 Å². The van der Waals surface area contributed by atoms with Gasteiger partial charge in [0.25, 0.3) is 0 Å². The van der Waals surface area contributed by atoms with E-state index in [-0.39, 0.29) is 24.9 Å². The molecule has 2 N–H and O–H groups in total. The van der Waals surface area contributed by atoms with Crippen LogP contribution in [0.25, 0.3) is 0 Å². The maximum absolute atomic E-state index is 12.2. The summed E-state index contributed by atoms with van der Waals surface area (Å²) in [5.41, 5.74) is 5.49. The number of aromatic nitrogens is 2. The fourth-order valence-electron chi connectivity index (χ4n) is 1.50. The summed E-state index contributed by atoms with van der Waals surface area (Å²) in [5.74, 6) is 0.000363. The van der Waals surface area contributed by atoms with Crippen molar-refractivity contribution in [2.45, 2.75) is 6.54 Å². The number of nitrogen functional groups attached to an aromatic ring is 1. The van der Waals surface area contributed by atoms with Gasteiger partial charge in [-0.15, -0.1) is 0 Å². The molecule has 8 heteroatoms. The molecule has 112 valence electrons. The Morgan fingerprint density at radius 3 is 2.60 bits per heavy atom. The summed E-state index contributed by atoms with van der Waals surface area (Å²) in [5, 5.41) is 3.95. The number of carbonyl (C=O) groups is 2. The van der Waals surface area contributed by atoms with Crippen LogP contribution >= 0.6 is 0 Å². The molecule has 0 aliphatic rings. The van der Waals surface area contributed by atoms with Crippen LogP contribution in [0.2, 0.25) is 0 Å². The van der Waals surface area contributed by atoms with Crippen LogP contribution in [0.1, 0.15) is 0 Å². The van der Waals surface area contributed by atoms with Gasteiger partial charge in [0, 0.05) is 33.9 Å². The van der Waals surface area contributed by atoms with Crippen molar-refractivity contribution in [1.82, 2.24) is 19.6 Å². The van der Waals surface area contributed by atoms with Crippen LogP contribution in [0.15, 0.2) is 12.3 Å². The Balaban J connectivity index is 2.65. The lowest BCUT2D eigenvalue weighted by atomic mass is 10.4. The van der Waals surface area contributed by atoms with Crippen LogP contribution in [0, 0.1) is 0 Å². The van der Waals surface area contributed by atoms with Crippen molar-refractivity contribution in [2.75, 3.05) is 46.6 Å². The van der Waals surface area contributed by atoms with Crippen molar-refractivity contribution in [3.63, 3.8) is 0 Å². The minimum atomic E-state index is -0.208. The molecule has 1 heterocycles. The minimum Gasteiger partial charge on any atom is -0.383 e. The van der Waals surface area contributed by atoms with E-state index < -0.39 is 0 Å². The van der Waals surface area contributed by atoms with E-state index in [0.717, 1.165) is 0 Å². The van der Waals surface area contributed by atoms with E-state index >= 15 is 0 Å². The average molecular weight is 283 g/mol. The average Bonchev–Trinajstić information content (AvgIpc) is 2.79. The zero-order valence-electron chi connectivity index (χ0n) is 12.1. The number of methoxy groups -OCH3 is 1. The summed E-state index contributed by atoms with van der Waals surface area (Å²) < 4.78 is 6.40. The zero-order valence-corrected chi connectivity index (χ0v) is 12.1. The topological polar surface area (TPSA) is 93.7 Å². The highest BCUT2D eigenvalue weighted by molar-refractivity contribution is 5.84. The number of rotatable bonds is 7. The quantitative estimate of drug-likeness (QED) is 0.695. The molecule has 0 saturated heterocycles. The zero-order chi connectivity index (χ0) is 15.1. The first kappa shape index (κ1) is 16.0. The number of nitrogens with zero attached hydrogens (tertiary/aromatic N) is 4. The molecule has 0 bridgehead atoms. The predicted octanol–water partition coefficient (Wildman–Crippen LogP) is -0.971. The van der Waals surface area contributed by atoms with Crippen molar-refractivity contribution >= 4 is 17.6 Å². The highest BCUT2D eigenvalue weighted by atomic mass is 16.5. The van der Waals surface area contributed by atoms with Crippen LogP contribution in [0.5, 0.6) is 0 Å². The summed E-state index contributed by atoms with van der Waals surface area (Å²) in [6.45, 7) is 0.785. The molecular formula is C12H21N5O3. The van der Waals surface area contributed by atoms with Gasteiger partial charge in [-0.05, 0) is 6.07 Å². The standard InChI is InChI=1S/C12H21N5O3/c1-15(2)11(18)8-16(6-7-20-3)12(19)9-17-5-4-10(13)14-17/h4-5H,6-9H2,1-3H3,(H2,13,14). The van der Waals surface area contributed by atoms with Crippen LogP contribution in [-0.2, 0) is 20.9 Å². The lowest BCUT2D eigenvalue weighted by Crippen LogP contribution is -2.43. The van der Waals surface area contributed by atoms with Crippen LogP contribution in [0.4, 0.5) is 5.82 Å². The second kappa shape index (κ2) is 7.49. The molecule has 0 aromatic carbocycles. The molecule has 0 fully saturated rings. The molecule has 8 nitrogen and oxygen atoms in total. The number of ether oxygens (including phenoxy) is 1. The Kier molecular flexibility index (Phi) is 5.98. The van der Waals surface area contributed by atoms with Crippen molar-refractivity contribution in [3.8, 4) is 0 Å². The van der Waals surface area contributed by atoms with Gasteiger partial charge < -0.3 is 20.3 Å². The lowest BCUT2D eigenvalue weighted by molar-refractivity contribution is -0.140. The molecule has 2 amide bonds. The van der Waals surface area contributed by atoms with Crippen molar-refractivity contribution < 1.29 is 14.3 Å². The molecule has 20 heavy (non-hydrogen) atoms. The minimum absolute atomic E-state index is 0.0198. The van der Waals surface area contributed by atoms with E-state index in [9.17, 15) is 9.59 Å². The molecule has 0 aliphatic heterocycles. The van der Waals surface area contributed by atoms with E-state index in [1.54, 1.807) is 33.5 Å². The summed E-state index contributed by atoms with van der Waals surface area (Å²) in [4.78, 5) is 26.8. The molecule has 0 radical (unpaired) electrons. The van der Waals surface area contributed by atoms with Gasteiger partial charge in [-0.25, -0.2) is 0 Å². The summed E-state index contributed by atoms with van der Waals surface area (Å²) in [6.07, 6.45) is 1.62. The van der Waals surface area contributed by atoms with Gasteiger partial charge in [0.1, 0.15) is 12.4 Å². The van der Waals surface area contributed by atoms with E-state index in [1.165, 1.54) is 14.5 Å². The highest BCUT2D eigenvalue weighted by Gasteiger charge is 2.18. The van der Waals surface area contributed by atoms with Gasteiger partial charge in [0.15, 0.2) is 0 Å². The molecule has 1 aromatic heterocycles. The normalized spacial score (nSPS) is 10.3. The molecular weight excluding hydrogens is 262 g/mol. The fourth-order valence-corrected chi connectivity index (χ4v) is 1.50. The first-order chi connectivity index (χ1) is 9.43. The van der Waals surface area contributed by atoms with Gasteiger partial charge in [0.2, 0.25) is 11.8 Å². The van der Waals surface area contributed by atoms with Gasteiger partial charge in [0.05, 0.1) is 13.2 Å². The van der Waals surface area contributed by atoms with Gasteiger partial charge in [-0.1, -0.05) is 0 Å². The molecule has 0 unspecified atom stereocenters. The lowest BCUT2D eigenvalue weighted by Gasteiger charge is -2.23. The molecule has 0 aliphatic carbocycles. The number of hydrogen-bond acceptors (Lipinski definition) is 5.